The molecule has 2 atom stereocenters. The summed E-state index contributed by atoms with van der Waals surface area (Å²) in [4.78, 5) is 13.9. The van der Waals surface area contributed by atoms with Gasteiger partial charge in [-0.15, -0.1) is 0 Å². The summed E-state index contributed by atoms with van der Waals surface area (Å²) in [5.74, 6) is 0.216. The molecule has 0 bridgehead atoms. The van der Waals surface area contributed by atoms with Crippen molar-refractivity contribution in [2.75, 3.05) is 4.31 Å². The molecule has 4 aromatic rings. The zero-order valence-corrected chi connectivity index (χ0v) is 23.4. The Hall–Kier alpha value is -3.83. The standard InChI is InChI=1S/C30H23Cl2N3O3S/c1-19(2)16-23-10-15-27-34(30(23)36)28(21-6-11-24(31)12-7-21)29(22-8-13-25(32)14-9-22)35(27)39(37,38)26-5-3-4-20(17-26)18-33/h3-17,28-29H,1-2H3. The molecule has 2 unspecified atom stereocenters. The van der Waals surface area contributed by atoms with Crippen LogP contribution in [0.5, 0.6) is 0 Å². The monoisotopic (exact) mass is 575 g/mol. The van der Waals surface area contributed by atoms with Gasteiger partial charge >= 0.3 is 0 Å². The molecule has 196 valence electrons. The van der Waals surface area contributed by atoms with Gasteiger partial charge in [-0.05, 0) is 79.6 Å². The van der Waals surface area contributed by atoms with Gasteiger partial charge < -0.3 is 0 Å². The van der Waals surface area contributed by atoms with Crippen molar-refractivity contribution in [3.8, 4) is 6.07 Å². The van der Waals surface area contributed by atoms with Crippen LogP contribution in [0.4, 0.5) is 5.82 Å². The minimum absolute atomic E-state index is 0.0513. The van der Waals surface area contributed by atoms with E-state index in [1.54, 1.807) is 72.8 Å². The molecule has 2 heterocycles. The minimum Gasteiger partial charge on any atom is -0.283 e. The van der Waals surface area contributed by atoms with E-state index >= 15 is 0 Å². The van der Waals surface area contributed by atoms with Crippen LogP contribution in [0.3, 0.4) is 0 Å². The fourth-order valence-corrected chi connectivity index (χ4v) is 6.86. The first-order chi connectivity index (χ1) is 18.6. The molecule has 1 aliphatic heterocycles. The Labute approximate surface area is 237 Å². The predicted molar refractivity (Wildman–Crippen MR) is 155 cm³/mol. The minimum atomic E-state index is -4.25. The quantitative estimate of drug-likeness (QED) is 0.256. The molecule has 0 saturated carbocycles. The maximum Gasteiger partial charge on any atom is 0.266 e. The Bertz CT molecular complexity index is 1800. The Morgan fingerprint density at radius 1 is 0.872 bits per heavy atom. The molecule has 0 saturated heterocycles. The van der Waals surface area contributed by atoms with Crippen molar-refractivity contribution in [2.24, 2.45) is 0 Å². The summed E-state index contributed by atoms with van der Waals surface area (Å²) >= 11 is 12.4. The molecule has 5 rings (SSSR count). The van der Waals surface area contributed by atoms with E-state index < -0.39 is 22.1 Å². The lowest BCUT2D eigenvalue weighted by molar-refractivity contribution is 0.529. The summed E-state index contributed by atoms with van der Waals surface area (Å²) in [6.07, 6.45) is 1.78. The lowest BCUT2D eigenvalue weighted by Crippen LogP contribution is -2.33. The summed E-state index contributed by atoms with van der Waals surface area (Å²) in [5.41, 5.74) is 2.62. The van der Waals surface area contributed by atoms with Gasteiger partial charge in [-0.2, -0.15) is 5.26 Å². The van der Waals surface area contributed by atoms with E-state index in [2.05, 4.69) is 0 Å². The number of pyridine rings is 1. The van der Waals surface area contributed by atoms with Gasteiger partial charge in [0.15, 0.2) is 0 Å². The van der Waals surface area contributed by atoms with E-state index in [0.29, 0.717) is 26.7 Å². The second kappa shape index (κ2) is 10.4. The van der Waals surface area contributed by atoms with E-state index in [4.69, 9.17) is 23.2 Å². The van der Waals surface area contributed by atoms with E-state index in [1.165, 1.54) is 27.1 Å². The molecule has 0 spiro atoms. The number of aromatic nitrogens is 1. The van der Waals surface area contributed by atoms with Crippen molar-refractivity contribution in [3.05, 3.63) is 133 Å². The van der Waals surface area contributed by atoms with Crippen molar-refractivity contribution in [2.45, 2.75) is 30.8 Å². The average molecular weight is 577 g/mol. The van der Waals surface area contributed by atoms with Crippen LogP contribution >= 0.6 is 23.2 Å². The van der Waals surface area contributed by atoms with Gasteiger partial charge in [-0.25, -0.2) is 12.7 Å². The highest BCUT2D eigenvalue weighted by molar-refractivity contribution is 7.92. The third-order valence-electron chi connectivity index (χ3n) is 6.57. The third-order valence-corrected chi connectivity index (χ3v) is 8.85. The highest BCUT2D eigenvalue weighted by Gasteiger charge is 2.47. The number of halogens is 2. The van der Waals surface area contributed by atoms with Crippen LogP contribution in [0.2, 0.25) is 10.0 Å². The highest BCUT2D eigenvalue weighted by atomic mass is 35.5. The van der Waals surface area contributed by atoms with Crippen molar-refractivity contribution in [1.29, 1.82) is 5.26 Å². The van der Waals surface area contributed by atoms with E-state index in [-0.39, 0.29) is 21.8 Å². The lowest BCUT2D eigenvalue weighted by Gasteiger charge is -2.29. The van der Waals surface area contributed by atoms with Gasteiger partial charge in [0, 0.05) is 15.6 Å². The topological polar surface area (TPSA) is 83.2 Å². The number of fused-ring (bicyclic) bond motifs is 1. The number of allylic oxidation sites excluding steroid dienone is 1. The highest BCUT2D eigenvalue weighted by Crippen LogP contribution is 2.49. The molecule has 0 radical (unpaired) electrons. The maximum atomic E-state index is 14.4. The van der Waals surface area contributed by atoms with Gasteiger partial charge in [0.05, 0.1) is 28.6 Å². The molecule has 6 nitrogen and oxygen atoms in total. The molecule has 9 heteroatoms. The van der Waals surface area contributed by atoms with Gasteiger partial charge in [0.2, 0.25) is 0 Å². The number of rotatable bonds is 5. The number of benzene rings is 3. The average Bonchev–Trinajstić information content (AvgIpc) is 3.27. The van der Waals surface area contributed by atoms with Crippen LogP contribution in [0.15, 0.2) is 100 Å². The number of hydrogen-bond donors (Lipinski definition) is 0. The van der Waals surface area contributed by atoms with Gasteiger partial charge in [0.25, 0.3) is 15.6 Å². The summed E-state index contributed by atoms with van der Waals surface area (Å²) in [5, 5.41) is 10.4. The summed E-state index contributed by atoms with van der Waals surface area (Å²) in [7, 11) is -4.25. The molecule has 1 aliphatic rings. The molecule has 0 aliphatic carbocycles. The summed E-state index contributed by atoms with van der Waals surface area (Å²) < 4.78 is 31.5. The molecular weight excluding hydrogens is 553 g/mol. The maximum absolute atomic E-state index is 14.4. The SMILES string of the molecule is CC(C)=Cc1ccc2n(c1=O)C(c1ccc(Cl)cc1)C(c1ccc(Cl)cc1)N2S(=O)(=O)c1cccc(C#N)c1. The first kappa shape index (κ1) is 26.8. The van der Waals surface area contributed by atoms with Crippen LogP contribution in [-0.2, 0) is 10.0 Å². The third kappa shape index (κ3) is 4.87. The van der Waals surface area contributed by atoms with Gasteiger partial charge in [0.1, 0.15) is 5.82 Å². The second-order valence-electron chi connectivity index (χ2n) is 9.48. The Morgan fingerprint density at radius 3 is 2.03 bits per heavy atom. The van der Waals surface area contributed by atoms with E-state index in [9.17, 15) is 18.5 Å². The largest absolute Gasteiger partial charge is 0.283 e. The van der Waals surface area contributed by atoms with Crippen LogP contribution < -0.4 is 9.86 Å². The molecule has 0 N–H and O–H groups in total. The summed E-state index contributed by atoms with van der Waals surface area (Å²) in [6.45, 7) is 3.78. The van der Waals surface area contributed by atoms with Crippen LogP contribution in [0.25, 0.3) is 6.08 Å². The number of sulfonamides is 1. The first-order valence-electron chi connectivity index (χ1n) is 12.1. The fourth-order valence-electron chi connectivity index (χ4n) is 4.92. The van der Waals surface area contributed by atoms with E-state index in [0.717, 1.165) is 5.57 Å². The summed E-state index contributed by atoms with van der Waals surface area (Å²) in [6, 6.07) is 23.5. The van der Waals surface area contributed by atoms with Crippen LogP contribution in [0.1, 0.15) is 48.2 Å². The second-order valence-corrected chi connectivity index (χ2v) is 12.2. The van der Waals surface area contributed by atoms with Crippen molar-refractivity contribution in [1.82, 2.24) is 4.57 Å². The molecule has 1 aromatic heterocycles. The number of nitrogens with zero attached hydrogens (tertiary/aromatic N) is 3. The smallest absolute Gasteiger partial charge is 0.266 e. The first-order valence-corrected chi connectivity index (χ1v) is 14.3. The number of nitriles is 1. The molecular formula is C30H23Cl2N3O3S. The van der Waals surface area contributed by atoms with Gasteiger partial charge in [-0.1, -0.05) is 65.2 Å². The molecule has 39 heavy (non-hydrogen) atoms. The van der Waals surface area contributed by atoms with Crippen LogP contribution in [0, 0.1) is 11.3 Å². The van der Waals surface area contributed by atoms with Crippen molar-refractivity contribution < 1.29 is 8.42 Å². The van der Waals surface area contributed by atoms with Crippen molar-refractivity contribution >= 4 is 45.1 Å². The van der Waals surface area contributed by atoms with Crippen LogP contribution in [-0.4, -0.2) is 13.0 Å². The predicted octanol–water partition coefficient (Wildman–Crippen LogP) is 6.99. The molecule has 0 amide bonds. The molecule has 3 aromatic carbocycles. The lowest BCUT2D eigenvalue weighted by atomic mass is 9.94. The van der Waals surface area contributed by atoms with Crippen molar-refractivity contribution in [3.63, 3.8) is 0 Å². The number of anilines is 1. The zero-order valence-electron chi connectivity index (χ0n) is 21.0. The Kier molecular flexibility index (Phi) is 7.13. The number of hydrogen-bond acceptors (Lipinski definition) is 4. The van der Waals surface area contributed by atoms with E-state index in [1.807, 2.05) is 19.9 Å². The Morgan fingerprint density at radius 2 is 1.46 bits per heavy atom. The van der Waals surface area contributed by atoms with Gasteiger partial charge in [-0.3, -0.25) is 9.36 Å². The molecule has 0 fully saturated rings. The fraction of sp³-hybridized carbons (Fsp3) is 0.133. The Balaban J connectivity index is 1.86. The normalized spacial score (nSPS) is 16.4. The zero-order chi connectivity index (χ0) is 27.9.